The van der Waals surface area contributed by atoms with E-state index in [9.17, 15) is 4.79 Å². The number of carbonyl (C=O) groups is 1. The van der Waals surface area contributed by atoms with Crippen molar-refractivity contribution in [3.8, 4) is 11.5 Å². The molecule has 0 spiro atoms. The van der Waals surface area contributed by atoms with Crippen molar-refractivity contribution in [1.82, 2.24) is 15.2 Å². The minimum absolute atomic E-state index is 0.163. The molecule has 7 nitrogen and oxygen atoms in total. The van der Waals surface area contributed by atoms with Gasteiger partial charge in [0.15, 0.2) is 11.5 Å². The highest BCUT2D eigenvalue weighted by Gasteiger charge is 2.13. The van der Waals surface area contributed by atoms with E-state index in [0.29, 0.717) is 18.8 Å². The van der Waals surface area contributed by atoms with Gasteiger partial charge in [0, 0.05) is 19.6 Å². The maximum absolute atomic E-state index is 12.0. The second-order valence-corrected chi connectivity index (χ2v) is 6.03. The molecule has 7 heteroatoms. The van der Waals surface area contributed by atoms with Crippen molar-refractivity contribution in [2.75, 3.05) is 39.3 Å². The number of amides is 1. The molecular formula is C18H22N4O3. The third-order valence-corrected chi connectivity index (χ3v) is 3.77. The first-order valence-electron chi connectivity index (χ1n) is 8.13. The van der Waals surface area contributed by atoms with Gasteiger partial charge in [-0.2, -0.15) is 0 Å². The van der Waals surface area contributed by atoms with Crippen LogP contribution in [0.4, 0.5) is 5.69 Å². The van der Waals surface area contributed by atoms with Crippen LogP contribution in [0.15, 0.2) is 36.5 Å². The van der Waals surface area contributed by atoms with Crippen LogP contribution in [0.2, 0.25) is 0 Å². The van der Waals surface area contributed by atoms with Gasteiger partial charge in [-0.3, -0.25) is 4.79 Å². The van der Waals surface area contributed by atoms with Crippen LogP contribution in [0, 0.1) is 0 Å². The fourth-order valence-electron chi connectivity index (χ4n) is 2.37. The Hall–Kier alpha value is -2.80. The largest absolute Gasteiger partial charge is 0.454 e. The van der Waals surface area contributed by atoms with Gasteiger partial charge in [-0.1, -0.05) is 6.07 Å². The second kappa shape index (κ2) is 7.85. The Balaban J connectivity index is 1.51. The van der Waals surface area contributed by atoms with Crippen LogP contribution >= 0.6 is 0 Å². The molecule has 2 N–H and O–H groups in total. The highest BCUT2D eigenvalue weighted by Crippen LogP contribution is 2.32. The van der Waals surface area contributed by atoms with Gasteiger partial charge in [0.25, 0.3) is 5.91 Å². The maximum atomic E-state index is 12.0. The summed E-state index contributed by atoms with van der Waals surface area (Å²) in [5.41, 5.74) is 2.34. The van der Waals surface area contributed by atoms with Crippen LogP contribution < -0.4 is 20.1 Å². The molecule has 1 aliphatic heterocycles. The van der Waals surface area contributed by atoms with Crippen LogP contribution in [0.3, 0.4) is 0 Å². The molecule has 0 fully saturated rings. The molecule has 0 aliphatic carbocycles. The maximum Gasteiger partial charge on any atom is 0.269 e. The van der Waals surface area contributed by atoms with Crippen molar-refractivity contribution < 1.29 is 14.3 Å². The van der Waals surface area contributed by atoms with E-state index in [1.54, 1.807) is 12.3 Å². The van der Waals surface area contributed by atoms with Crippen LogP contribution in [-0.2, 0) is 6.54 Å². The van der Waals surface area contributed by atoms with Gasteiger partial charge in [-0.25, -0.2) is 4.98 Å². The summed E-state index contributed by atoms with van der Waals surface area (Å²) in [6.45, 7) is 2.29. The number of carbonyl (C=O) groups excluding carboxylic acids is 1. The van der Waals surface area contributed by atoms with E-state index < -0.39 is 0 Å². The molecule has 1 amide bonds. The summed E-state index contributed by atoms with van der Waals surface area (Å²) in [5, 5.41) is 6.12. The summed E-state index contributed by atoms with van der Waals surface area (Å²) in [6.07, 6.45) is 1.66. The Labute approximate surface area is 147 Å². The molecule has 0 radical (unpaired) electrons. The van der Waals surface area contributed by atoms with Gasteiger partial charge >= 0.3 is 0 Å². The SMILES string of the molecule is CN(C)CCNC(=O)c1ccc(NCc2ccc3c(c2)OCO3)cn1. The van der Waals surface area contributed by atoms with Gasteiger partial charge in [0.2, 0.25) is 6.79 Å². The Morgan fingerprint density at radius 2 is 2.04 bits per heavy atom. The van der Waals surface area contributed by atoms with Crippen molar-refractivity contribution >= 4 is 11.6 Å². The average molecular weight is 342 g/mol. The number of anilines is 1. The van der Waals surface area contributed by atoms with Crippen LogP contribution in [0.25, 0.3) is 0 Å². The first-order chi connectivity index (χ1) is 12.1. The third kappa shape index (κ3) is 4.60. The average Bonchev–Trinajstić information content (AvgIpc) is 3.07. The molecule has 1 aliphatic rings. The minimum atomic E-state index is -0.163. The molecule has 0 saturated heterocycles. The van der Waals surface area contributed by atoms with Crippen molar-refractivity contribution in [3.63, 3.8) is 0 Å². The summed E-state index contributed by atoms with van der Waals surface area (Å²) in [5.74, 6) is 1.38. The van der Waals surface area contributed by atoms with Crippen molar-refractivity contribution in [3.05, 3.63) is 47.8 Å². The highest BCUT2D eigenvalue weighted by molar-refractivity contribution is 5.92. The Morgan fingerprint density at radius 3 is 2.80 bits per heavy atom. The Morgan fingerprint density at radius 1 is 1.20 bits per heavy atom. The Bertz CT molecular complexity index is 732. The number of likely N-dealkylation sites (N-methyl/N-ethyl adjacent to an activating group) is 1. The zero-order chi connectivity index (χ0) is 17.6. The van der Waals surface area contributed by atoms with Gasteiger partial charge in [0.05, 0.1) is 11.9 Å². The van der Waals surface area contributed by atoms with Crippen molar-refractivity contribution in [1.29, 1.82) is 0 Å². The smallest absolute Gasteiger partial charge is 0.269 e. The van der Waals surface area contributed by atoms with E-state index in [1.807, 2.05) is 43.3 Å². The number of fused-ring (bicyclic) bond motifs is 1. The molecule has 0 bridgehead atoms. The fourth-order valence-corrected chi connectivity index (χ4v) is 2.37. The minimum Gasteiger partial charge on any atom is -0.454 e. The summed E-state index contributed by atoms with van der Waals surface area (Å²) >= 11 is 0. The van der Waals surface area contributed by atoms with E-state index in [2.05, 4.69) is 15.6 Å². The summed E-state index contributed by atoms with van der Waals surface area (Å²) in [7, 11) is 3.93. The molecule has 0 saturated carbocycles. The third-order valence-electron chi connectivity index (χ3n) is 3.77. The number of hydrogen-bond donors (Lipinski definition) is 2. The zero-order valence-electron chi connectivity index (χ0n) is 14.4. The van der Waals surface area contributed by atoms with E-state index >= 15 is 0 Å². The molecule has 25 heavy (non-hydrogen) atoms. The molecule has 1 aromatic heterocycles. The summed E-state index contributed by atoms with van der Waals surface area (Å²) in [6, 6.07) is 9.41. The number of pyridine rings is 1. The predicted molar refractivity (Wildman–Crippen MR) is 95.0 cm³/mol. The molecule has 1 aromatic carbocycles. The van der Waals surface area contributed by atoms with E-state index in [4.69, 9.17) is 9.47 Å². The Kier molecular flexibility index (Phi) is 5.35. The number of ether oxygens (including phenoxy) is 2. The lowest BCUT2D eigenvalue weighted by molar-refractivity contribution is 0.0946. The zero-order valence-corrected chi connectivity index (χ0v) is 14.4. The van der Waals surface area contributed by atoms with Gasteiger partial charge < -0.3 is 25.0 Å². The van der Waals surface area contributed by atoms with E-state index in [1.165, 1.54) is 0 Å². The fraction of sp³-hybridized carbons (Fsp3) is 0.333. The highest BCUT2D eigenvalue weighted by atomic mass is 16.7. The van der Waals surface area contributed by atoms with Crippen LogP contribution in [-0.4, -0.2) is 49.8 Å². The topological polar surface area (TPSA) is 75.7 Å². The first kappa shape index (κ1) is 17.0. The molecular weight excluding hydrogens is 320 g/mol. The number of aromatic nitrogens is 1. The molecule has 2 heterocycles. The molecule has 2 aromatic rings. The standard InChI is InChI=1S/C18H22N4O3/c1-22(2)8-7-19-18(23)15-5-4-14(11-21-15)20-10-13-3-6-16-17(9-13)25-12-24-16/h3-6,9,11,20H,7-8,10,12H2,1-2H3,(H,19,23). The number of hydrogen-bond acceptors (Lipinski definition) is 6. The lowest BCUT2D eigenvalue weighted by atomic mass is 10.2. The number of nitrogens with one attached hydrogen (secondary N) is 2. The second-order valence-electron chi connectivity index (χ2n) is 6.03. The number of nitrogens with zero attached hydrogens (tertiary/aromatic N) is 2. The number of rotatable bonds is 7. The lowest BCUT2D eigenvalue weighted by Gasteiger charge is -2.10. The monoisotopic (exact) mass is 342 g/mol. The molecule has 3 rings (SSSR count). The molecule has 0 unspecified atom stereocenters. The summed E-state index contributed by atoms with van der Waals surface area (Å²) in [4.78, 5) is 18.2. The van der Waals surface area contributed by atoms with Gasteiger partial charge in [-0.05, 0) is 43.9 Å². The van der Waals surface area contributed by atoms with Crippen molar-refractivity contribution in [2.45, 2.75) is 6.54 Å². The normalized spacial score (nSPS) is 12.3. The molecule has 0 atom stereocenters. The molecule has 132 valence electrons. The summed E-state index contributed by atoms with van der Waals surface area (Å²) < 4.78 is 10.7. The number of benzene rings is 1. The van der Waals surface area contributed by atoms with E-state index in [-0.39, 0.29) is 12.7 Å². The lowest BCUT2D eigenvalue weighted by Crippen LogP contribution is -2.31. The van der Waals surface area contributed by atoms with Crippen LogP contribution in [0.5, 0.6) is 11.5 Å². The first-order valence-corrected chi connectivity index (χ1v) is 8.13. The van der Waals surface area contributed by atoms with Gasteiger partial charge in [-0.15, -0.1) is 0 Å². The quantitative estimate of drug-likeness (QED) is 0.798. The van der Waals surface area contributed by atoms with Gasteiger partial charge in [0.1, 0.15) is 5.69 Å². The van der Waals surface area contributed by atoms with Crippen molar-refractivity contribution in [2.24, 2.45) is 0 Å². The van der Waals surface area contributed by atoms with Crippen LogP contribution in [0.1, 0.15) is 16.1 Å². The predicted octanol–water partition coefficient (Wildman–Crippen LogP) is 1.71. The van der Waals surface area contributed by atoms with E-state index in [0.717, 1.165) is 29.3 Å².